The number of hydrogen-bond acceptors (Lipinski definition) is 5. The van der Waals surface area contributed by atoms with Gasteiger partial charge < -0.3 is 4.90 Å². The van der Waals surface area contributed by atoms with E-state index >= 15 is 0 Å². The van der Waals surface area contributed by atoms with Gasteiger partial charge in [0.05, 0.1) is 35.1 Å². The number of quaternary nitrogens is 1. The number of carbonyl (C=O) groups excluding carboxylic acids is 1. The van der Waals surface area contributed by atoms with Crippen LogP contribution >= 0.6 is 39.0 Å². The summed E-state index contributed by atoms with van der Waals surface area (Å²) in [4.78, 5) is 14.6. The highest BCUT2D eigenvalue weighted by molar-refractivity contribution is 9.11. The predicted molar refractivity (Wildman–Crippen MR) is 118 cm³/mol. The molecule has 0 spiro atoms. The van der Waals surface area contributed by atoms with Gasteiger partial charge in [0.2, 0.25) is 0 Å². The number of hydrogen-bond donors (Lipinski definition) is 1. The second kappa shape index (κ2) is 9.82. The summed E-state index contributed by atoms with van der Waals surface area (Å²) in [6.45, 7) is 2.87. The van der Waals surface area contributed by atoms with Gasteiger partial charge in [-0.25, -0.2) is 0 Å². The molecule has 3 rings (SSSR count). The normalized spacial score (nSPS) is 12.5. The zero-order valence-electron chi connectivity index (χ0n) is 16.2. The van der Waals surface area contributed by atoms with Crippen molar-refractivity contribution in [1.82, 2.24) is 14.8 Å². The van der Waals surface area contributed by atoms with Crippen LogP contribution in [0.5, 0.6) is 0 Å². The van der Waals surface area contributed by atoms with Crippen molar-refractivity contribution < 1.29 is 9.69 Å². The third-order valence-corrected chi connectivity index (χ3v) is 7.16. The molecule has 5 nitrogen and oxygen atoms in total. The molecule has 0 aliphatic heterocycles. The smallest absolute Gasteiger partial charge is 0.192 e. The number of nitrogens with zero attached hydrogens (tertiary/aromatic N) is 3. The number of thioether (sulfide) groups is 1. The van der Waals surface area contributed by atoms with E-state index in [1.165, 1.54) is 33.6 Å². The van der Waals surface area contributed by atoms with Crippen molar-refractivity contribution in [2.24, 2.45) is 0 Å². The van der Waals surface area contributed by atoms with Crippen LogP contribution in [0.1, 0.15) is 40.4 Å². The first-order chi connectivity index (χ1) is 13.5. The number of benzene rings is 1. The minimum Gasteiger partial charge on any atom is -0.331 e. The van der Waals surface area contributed by atoms with Crippen molar-refractivity contribution in [3.8, 4) is 0 Å². The molecule has 1 atom stereocenters. The van der Waals surface area contributed by atoms with Crippen molar-refractivity contribution in [2.75, 3.05) is 19.8 Å². The number of thiophene rings is 1. The lowest BCUT2D eigenvalue weighted by Crippen LogP contribution is -3.06. The molecule has 0 saturated heterocycles. The third kappa shape index (κ3) is 5.11. The molecule has 2 heterocycles. The summed E-state index contributed by atoms with van der Waals surface area (Å²) in [6.07, 6.45) is 0.974. The molecule has 148 valence electrons. The monoisotopic (exact) mass is 479 g/mol. The largest absolute Gasteiger partial charge is 0.331 e. The van der Waals surface area contributed by atoms with Gasteiger partial charge in [-0.3, -0.25) is 9.36 Å². The van der Waals surface area contributed by atoms with Crippen molar-refractivity contribution in [2.45, 2.75) is 31.1 Å². The van der Waals surface area contributed by atoms with Crippen molar-refractivity contribution in [1.29, 1.82) is 0 Å². The topological polar surface area (TPSA) is 52.2 Å². The van der Waals surface area contributed by atoms with E-state index in [-0.39, 0.29) is 11.8 Å². The predicted octanol–water partition coefficient (Wildman–Crippen LogP) is 3.72. The van der Waals surface area contributed by atoms with Gasteiger partial charge in [-0.1, -0.05) is 49.0 Å². The van der Waals surface area contributed by atoms with E-state index in [1.54, 1.807) is 0 Å². The Hall–Kier alpha value is -1.48. The summed E-state index contributed by atoms with van der Waals surface area (Å²) in [5.74, 6) is 1.44. The lowest BCUT2D eigenvalue weighted by molar-refractivity contribution is -0.893. The van der Waals surface area contributed by atoms with E-state index in [4.69, 9.17) is 0 Å². The fourth-order valence-corrected chi connectivity index (χ4v) is 5.34. The fraction of sp³-hybridized carbons (Fsp3) is 0.350. The van der Waals surface area contributed by atoms with Gasteiger partial charge in [-0.05, 0) is 33.6 Å². The molecule has 0 aliphatic carbocycles. The first-order valence-electron chi connectivity index (χ1n) is 9.18. The zero-order valence-corrected chi connectivity index (χ0v) is 19.4. The second-order valence-electron chi connectivity index (χ2n) is 6.77. The molecule has 0 radical (unpaired) electrons. The van der Waals surface area contributed by atoms with Gasteiger partial charge in [-0.2, -0.15) is 0 Å². The van der Waals surface area contributed by atoms with E-state index in [2.05, 4.69) is 63.8 Å². The van der Waals surface area contributed by atoms with Gasteiger partial charge in [0.15, 0.2) is 16.8 Å². The molecule has 0 saturated carbocycles. The SMILES string of the molecule is CC[C@H](c1nnc(SCC(=O)c2ccc(Br)s2)n1Cc1ccccc1)[NH+](C)C. The Bertz CT molecular complexity index is 923. The van der Waals surface area contributed by atoms with E-state index in [0.717, 1.165) is 26.1 Å². The minimum atomic E-state index is 0.113. The van der Waals surface area contributed by atoms with Crippen molar-refractivity contribution in [3.05, 3.63) is 62.5 Å². The number of aromatic nitrogens is 3. The Morgan fingerprint density at radius 2 is 1.96 bits per heavy atom. The van der Waals surface area contributed by atoms with Crippen LogP contribution in [0, 0.1) is 0 Å². The van der Waals surface area contributed by atoms with E-state index in [9.17, 15) is 4.79 Å². The van der Waals surface area contributed by atoms with Crippen LogP contribution < -0.4 is 4.90 Å². The molecule has 8 heteroatoms. The Kier molecular flexibility index (Phi) is 7.45. The van der Waals surface area contributed by atoms with Crippen molar-refractivity contribution in [3.63, 3.8) is 0 Å². The zero-order chi connectivity index (χ0) is 20.1. The van der Waals surface area contributed by atoms with Gasteiger partial charge >= 0.3 is 0 Å². The molecule has 0 bridgehead atoms. The van der Waals surface area contributed by atoms with Crippen LogP contribution in [0.15, 0.2) is 51.4 Å². The number of nitrogens with one attached hydrogen (secondary N) is 1. The molecule has 3 aromatic rings. The molecule has 0 fully saturated rings. The Labute approximate surface area is 182 Å². The number of rotatable bonds is 9. The summed E-state index contributed by atoms with van der Waals surface area (Å²) in [5, 5.41) is 9.75. The van der Waals surface area contributed by atoms with Crippen molar-refractivity contribution >= 4 is 44.8 Å². The minimum absolute atomic E-state index is 0.113. The van der Waals surface area contributed by atoms with Crippen LogP contribution in [0.25, 0.3) is 0 Å². The van der Waals surface area contributed by atoms with Crippen LogP contribution in [0.2, 0.25) is 0 Å². The molecule has 1 N–H and O–H groups in total. The summed E-state index contributed by atoms with van der Waals surface area (Å²) in [6, 6.07) is 14.3. The highest BCUT2D eigenvalue weighted by Crippen LogP contribution is 2.26. The van der Waals surface area contributed by atoms with Crippen LogP contribution in [-0.2, 0) is 6.54 Å². The molecule has 2 aromatic heterocycles. The summed E-state index contributed by atoms with van der Waals surface area (Å²) >= 11 is 6.34. The van der Waals surface area contributed by atoms with Gasteiger partial charge in [-0.15, -0.1) is 21.5 Å². The lowest BCUT2D eigenvalue weighted by atomic mass is 10.2. The first-order valence-corrected chi connectivity index (χ1v) is 11.8. The maximum atomic E-state index is 12.5. The molecule has 1 aromatic carbocycles. The summed E-state index contributed by atoms with van der Waals surface area (Å²) in [7, 11) is 4.28. The Morgan fingerprint density at radius 3 is 2.57 bits per heavy atom. The third-order valence-electron chi connectivity index (χ3n) is 4.53. The van der Waals surface area contributed by atoms with Crippen LogP contribution in [-0.4, -0.2) is 40.4 Å². The number of ketones is 1. The van der Waals surface area contributed by atoms with Gasteiger partial charge in [0.1, 0.15) is 6.04 Å². The number of Topliss-reactive ketones (excluding diaryl/α,β-unsaturated/α-hetero) is 1. The average Bonchev–Trinajstić information content (AvgIpc) is 3.28. The highest BCUT2D eigenvalue weighted by atomic mass is 79.9. The fourth-order valence-electron chi connectivity index (χ4n) is 3.09. The summed E-state index contributed by atoms with van der Waals surface area (Å²) < 4.78 is 3.13. The molecule has 0 amide bonds. The molecular weight excluding hydrogens is 456 g/mol. The van der Waals surface area contributed by atoms with Crippen LogP contribution in [0.4, 0.5) is 0 Å². The van der Waals surface area contributed by atoms with E-state index in [0.29, 0.717) is 12.3 Å². The lowest BCUT2D eigenvalue weighted by Gasteiger charge is -2.20. The quantitative estimate of drug-likeness (QED) is 0.375. The highest BCUT2D eigenvalue weighted by Gasteiger charge is 2.25. The standard InChI is InChI=1S/C20H23BrN4OS2/c1-4-15(24(2)3)19-22-23-20(25(19)12-14-8-6-5-7-9-14)27-13-16(26)17-10-11-18(21)28-17/h5-11,15H,4,12-13H2,1-3H3/p+1/t15-/m1/s1. The second-order valence-corrected chi connectivity index (χ2v) is 10.2. The van der Waals surface area contributed by atoms with E-state index in [1.807, 2.05) is 30.3 Å². The molecule has 28 heavy (non-hydrogen) atoms. The maximum absolute atomic E-state index is 12.5. The van der Waals surface area contributed by atoms with Gasteiger partial charge in [0, 0.05) is 6.42 Å². The molecule has 0 unspecified atom stereocenters. The number of halogens is 1. The number of carbonyl (C=O) groups is 1. The molecular formula is C20H24BrN4OS2+. The summed E-state index contributed by atoms with van der Waals surface area (Å²) in [5.41, 5.74) is 1.20. The average molecular weight is 480 g/mol. The van der Waals surface area contributed by atoms with Crippen LogP contribution in [0.3, 0.4) is 0 Å². The Balaban J connectivity index is 1.85. The maximum Gasteiger partial charge on any atom is 0.192 e. The Morgan fingerprint density at radius 1 is 1.21 bits per heavy atom. The van der Waals surface area contributed by atoms with Gasteiger partial charge in [0.25, 0.3) is 0 Å². The molecule has 0 aliphatic rings. The first kappa shape index (κ1) is 21.2. The van der Waals surface area contributed by atoms with E-state index < -0.39 is 0 Å².